The Morgan fingerprint density at radius 3 is 2.56 bits per heavy atom. The molecule has 128 valence electrons. The second-order valence-electron chi connectivity index (χ2n) is 5.51. The molecule has 0 saturated heterocycles. The van der Waals surface area contributed by atoms with Gasteiger partial charge in [-0.3, -0.25) is 10.1 Å². The lowest BCUT2D eigenvalue weighted by Crippen LogP contribution is -2.20. The molecule has 0 atom stereocenters. The van der Waals surface area contributed by atoms with E-state index in [0.717, 1.165) is 26.2 Å². The van der Waals surface area contributed by atoms with Crippen molar-refractivity contribution in [2.45, 2.75) is 13.8 Å². The maximum atomic E-state index is 12.0. The predicted molar refractivity (Wildman–Crippen MR) is 105 cm³/mol. The Hall–Kier alpha value is -2.18. The molecule has 1 heterocycles. The topological polar surface area (TPSA) is 51.2 Å². The average molecular weight is 417 g/mol. The second kappa shape index (κ2) is 7.80. The van der Waals surface area contributed by atoms with Gasteiger partial charge in [-0.05, 0) is 53.0 Å². The summed E-state index contributed by atoms with van der Waals surface area (Å²) in [5, 5.41) is 3.36. The van der Waals surface area contributed by atoms with E-state index in [-0.39, 0.29) is 12.5 Å². The fraction of sp³-hybridized carbons (Fsp3) is 0.158. The first-order valence-corrected chi connectivity index (χ1v) is 9.35. The van der Waals surface area contributed by atoms with Gasteiger partial charge in [-0.2, -0.15) is 0 Å². The maximum Gasteiger partial charge on any atom is 0.264 e. The molecule has 0 aliphatic carbocycles. The number of ether oxygens (including phenoxy) is 1. The van der Waals surface area contributed by atoms with Gasteiger partial charge in [0.25, 0.3) is 5.91 Å². The lowest BCUT2D eigenvalue weighted by molar-refractivity contribution is -0.118. The molecule has 1 aromatic heterocycles. The average Bonchev–Trinajstić information content (AvgIpc) is 2.92. The van der Waals surface area contributed by atoms with Gasteiger partial charge in [0.05, 0.1) is 10.2 Å². The van der Waals surface area contributed by atoms with Gasteiger partial charge in [0, 0.05) is 4.88 Å². The van der Waals surface area contributed by atoms with Crippen molar-refractivity contribution in [2.75, 3.05) is 11.9 Å². The standard InChI is InChI=1S/C19H17BrN2O2S/c1-12-13(2)25-19(21-12)22-18(23)11-24-17-9-8-15(10-16(17)20)14-6-4-3-5-7-14/h3-10H,11H2,1-2H3,(H,21,22,23). The van der Waals surface area contributed by atoms with Crippen LogP contribution >= 0.6 is 27.3 Å². The number of hydrogen-bond donors (Lipinski definition) is 1. The molecule has 25 heavy (non-hydrogen) atoms. The molecule has 0 spiro atoms. The molecule has 0 saturated carbocycles. The van der Waals surface area contributed by atoms with E-state index in [1.54, 1.807) is 0 Å². The number of amides is 1. The number of carbonyl (C=O) groups excluding carboxylic acids is 1. The Morgan fingerprint density at radius 2 is 1.92 bits per heavy atom. The van der Waals surface area contributed by atoms with Crippen LogP contribution in [-0.2, 0) is 4.79 Å². The van der Waals surface area contributed by atoms with E-state index in [1.807, 2.05) is 62.4 Å². The molecule has 1 amide bonds. The molecule has 0 radical (unpaired) electrons. The molecule has 4 nitrogen and oxygen atoms in total. The highest BCUT2D eigenvalue weighted by atomic mass is 79.9. The van der Waals surface area contributed by atoms with Crippen LogP contribution in [0, 0.1) is 13.8 Å². The smallest absolute Gasteiger partial charge is 0.264 e. The maximum absolute atomic E-state index is 12.0. The van der Waals surface area contributed by atoms with Crippen LogP contribution in [0.2, 0.25) is 0 Å². The van der Waals surface area contributed by atoms with Gasteiger partial charge in [0.2, 0.25) is 0 Å². The van der Waals surface area contributed by atoms with Crippen molar-refractivity contribution in [3.63, 3.8) is 0 Å². The second-order valence-corrected chi connectivity index (χ2v) is 7.57. The first-order valence-electron chi connectivity index (χ1n) is 7.74. The summed E-state index contributed by atoms with van der Waals surface area (Å²) in [5.41, 5.74) is 3.14. The molecule has 0 unspecified atom stereocenters. The minimum Gasteiger partial charge on any atom is -0.483 e. The van der Waals surface area contributed by atoms with Gasteiger partial charge < -0.3 is 4.74 Å². The van der Waals surface area contributed by atoms with Crippen molar-refractivity contribution in [3.05, 3.63) is 63.6 Å². The van der Waals surface area contributed by atoms with Gasteiger partial charge in [0.1, 0.15) is 5.75 Å². The minimum absolute atomic E-state index is 0.0685. The summed E-state index contributed by atoms with van der Waals surface area (Å²) >= 11 is 4.97. The monoisotopic (exact) mass is 416 g/mol. The van der Waals surface area contributed by atoms with E-state index in [9.17, 15) is 4.79 Å². The molecule has 1 N–H and O–H groups in total. The molecule has 0 aliphatic rings. The van der Waals surface area contributed by atoms with Gasteiger partial charge in [0.15, 0.2) is 11.7 Å². The number of carbonyl (C=O) groups is 1. The molecule has 3 rings (SSSR count). The van der Waals surface area contributed by atoms with E-state index in [1.165, 1.54) is 11.3 Å². The van der Waals surface area contributed by atoms with Crippen LogP contribution in [0.5, 0.6) is 5.75 Å². The third-order valence-corrected chi connectivity index (χ3v) is 5.28. The first kappa shape index (κ1) is 17.6. The van der Waals surface area contributed by atoms with E-state index in [4.69, 9.17) is 4.74 Å². The van der Waals surface area contributed by atoms with Crippen molar-refractivity contribution < 1.29 is 9.53 Å². The third kappa shape index (κ3) is 4.46. The Labute approximate surface area is 159 Å². The Balaban J connectivity index is 1.62. The number of aromatic nitrogens is 1. The van der Waals surface area contributed by atoms with Crippen molar-refractivity contribution >= 4 is 38.3 Å². The number of aryl methyl sites for hydroxylation is 2. The summed E-state index contributed by atoms with van der Waals surface area (Å²) in [6.07, 6.45) is 0. The first-order chi connectivity index (χ1) is 12.0. The summed E-state index contributed by atoms with van der Waals surface area (Å²) in [6.45, 7) is 3.83. The van der Waals surface area contributed by atoms with Gasteiger partial charge >= 0.3 is 0 Å². The summed E-state index contributed by atoms with van der Waals surface area (Å²) in [7, 11) is 0. The van der Waals surface area contributed by atoms with Gasteiger partial charge in [-0.15, -0.1) is 11.3 Å². The number of nitrogens with one attached hydrogen (secondary N) is 1. The zero-order valence-corrected chi connectivity index (χ0v) is 16.3. The third-order valence-electron chi connectivity index (χ3n) is 3.67. The zero-order chi connectivity index (χ0) is 17.8. The summed E-state index contributed by atoms with van der Waals surface area (Å²) in [5.74, 6) is 0.397. The predicted octanol–water partition coefficient (Wildman–Crippen LogP) is 5.21. The number of halogens is 1. The van der Waals surface area contributed by atoms with Crippen LogP contribution in [-0.4, -0.2) is 17.5 Å². The number of thiazole rings is 1. The molecular formula is C19H17BrN2O2S. The molecular weight excluding hydrogens is 400 g/mol. The van der Waals surface area contributed by atoms with Crippen molar-refractivity contribution in [2.24, 2.45) is 0 Å². The van der Waals surface area contributed by atoms with Crippen molar-refractivity contribution in [3.8, 4) is 16.9 Å². The molecule has 0 bridgehead atoms. The van der Waals surface area contributed by atoms with E-state index in [2.05, 4.69) is 26.2 Å². The Morgan fingerprint density at radius 1 is 1.16 bits per heavy atom. The fourth-order valence-electron chi connectivity index (χ4n) is 2.25. The molecule has 6 heteroatoms. The number of benzene rings is 2. The largest absolute Gasteiger partial charge is 0.483 e. The van der Waals surface area contributed by atoms with Crippen LogP contribution in [0.3, 0.4) is 0 Å². The normalized spacial score (nSPS) is 10.5. The van der Waals surface area contributed by atoms with Crippen LogP contribution in [0.4, 0.5) is 5.13 Å². The van der Waals surface area contributed by atoms with Crippen LogP contribution in [0.15, 0.2) is 53.0 Å². The number of nitrogens with zero attached hydrogens (tertiary/aromatic N) is 1. The summed E-state index contributed by atoms with van der Waals surface area (Å²) in [6, 6.07) is 15.9. The highest BCUT2D eigenvalue weighted by Gasteiger charge is 2.10. The molecule has 2 aromatic carbocycles. The van der Waals surface area contributed by atoms with Crippen molar-refractivity contribution in [1.82, 2.24) is 4.98 Å². The number of rotatable bonds is 5. The van der Waals surface area contributed by atoms with Crippen LogP contribution in [0.25, 0.3) is 11.1 Å². The van der Waals surface area contributed by atoms with Gasteiger partial charge in [-0.25, -0.2) is 4.98 Å². The fourth-order valence-corrected chi connectivity index (χ4v) is 3.58. The van der Waals surface area contributed by atoms with E-state index in [0.29, 0.717) is 10.9 Å². The molecule has 0 fully saturated rings. The van der Waals surface area contributed by atoms with Gasteiger partial charge in [-0.1, -0.05) is 36.4 Å². The van der Waals surface area contributed by atoms with Crippen LogP contribution in [0.1, 0.15) is 10.6 Å². The molecule has 0 aliphatic heterocycles. The Kier molecular flexibility index (Phi) is 5.50. The number of anilines is 1. The zero-order valence-electron chi connectivity index (χ0n) is 13.9. The minimum atomic E-state index is -0.229. The summed E-state index contributed by atoms with van der Waals surface area (Å²) in [4.78, 5) is 17.4. The van der Waals surface area contributed by atoms with E-state index >= 15 is 0 Å². The highest BCUT2D eigenvalue weighted by molar-refractivity contribution is 9.10. The van der Waals surface area contributed by atoms with E-state index < -0.39 is 0 Å². The number of hydrogen-bond acceptors (Lipinski definition) is 4. The van der Waals surface area contributed by atoms with Crippen LogP contribution < -0.4 is 10.1 Å². The van der Waals surface area contributed by atoms with Crippen molar-refractivity contribution in [1.29, 1.82) is 0 Å². The quantitative estimate of drug-likeness (QED) is 0.620. The Bertz CT molecular complexity index is 874. The lowest BCUT2D eigenvalue weighted by Gasteiger charge is -2.09. The highest BCUT2D eigenvalue weighted by Crippen LogP contribution is 2.30. The molecule has 3 aromatic rings. The summed E-state index contributed by atoms with van der Waals surface area (Å²) < 4.78 is 6.42. The SMILES string of the molecule is Cc1nc(NC(=O)COc2ccc(-c3ccccc3)cc2Br)sc1C. The lowest BCUT2D eigenvalue weighted by atomic mass is 10.1.